The SMILES string of the molecule is CCCCCCCCCCCC(=O)OC(CC(O)CO)C(C)O.CCCCCCCCCCCCCC(=O)OC(C)C. The Kier molecular flexibility index (Phi) is 33.5. The van der Waals surface area contributed by atoms with Crippen LogP contribution in [0.2, 0.25) is 0 Å². The van der Waals surface area contributed by atoms with Gasteiger partial charge in [0.25, 0.3) is 0 Å². The minimum absolute atomic E-state index is 0.0280. The highest BCUT2D eigenvalue weighted by molar-refractivity contribution is 5.69. The lowest BCUT2D eigenvalue weighted by Gasteiger charge is -2.22. The molecular formula is C35H70O7. The minimum Gasteiger partial charge on any atom is -0.463 e. The molecule has 0 saturated carbocycles. The molecule has 0 aromatic heterocycles. The van der Waals surface area contributed by atoms with E-state index in [0.717, 1.165) is 25.7 Å². The van der Waals surface area contributed by atoms with Crippen molar-refractivity contribution in [3.05, 3.63) is 0 Å². The Bertz CT molecular complexity index is 580. The molecule has 7 heteroatoms. The lowest BCUT2D eigenvalue weighted by atomic mass is 10.1. The summed E-state index contributed by atoms with van der Waals surface area (Å²) in [6.07, 6.45) is 23.5. The van der Waals surface area contributed by atoms with Crippen molar-refractivity contribution in [1.82, 2.24) is 0 Å². The first-order valence-corrected chi connectivity index (χ1v) is 17.5. The third-order valence-electron chi connectivity index (χ3n) is 7.37. The zero-order valence-corrected chi connectivity index (χ0v) is 28.3. The Morgan fingerprint density at radius 1 is 0.548 bits per heavy atom. The van der Waals surface area contributed by atoms with E-state index in [1.807, 2.05) is 13.8 Å². The fourth-order valence-electron chi connectivity index (χ4n) is 4.75. The molecule has 0 amide bonds. The third-order valence-corrected chi connectivity index (χ3v) is 7.37. The van der Waals surface area contributed by atoms with Gasteiger partial charge < -0.3 is 24.8 Å². The first-order chi connectivity index (χ1) is 20.2. The largest absolute Gasteiger partial charge is 0.463 e. The molecule has 3 atom stereocenters. The number of esters is 2. The molecule has 0 fully saturated rings. The van der Waals surface area contributed by atoms with Gasteiger partial charge in [0.15, 0.2) is 0 Å². The molecule has 0 rings (SSSR count). The van der Waals surface area contributed by atoms with Crippen LogP contribution in [0, 0.1) is 0 Å². The van der Waals surface area contributed by atoms with Gasteiger partial charge in [0.2, 0.25) is 0 Å². The van der Waals surface area contributed by atoms with Gasteiger partial charge in [-0.1, -0.05) is 129 Å². The molecule has 42 heavy (non-hydrogen) atoms. The fraction of sp³-hybridized carbons (Fsp3) is 0.943. The van der Waals surface area contributed by atoms with Gasteiger partial charge in [0.1, 0.15) is 6.10 Å². The summed E-state index contributed by atoms with van der Waals surface area (Å²) in [7, 11) is 0. The summed E-state index contributed by atoms with van der Waals surface area (Å²) in [6.45, 7) is 9.39. The van der Waals surface area contributed by atoms with E-state index >= 15 is 0 Å². The van der Waals surface area contributed by atoms with E-state index in [1.165, 1.54) is 110 Å². The lowest BCUT2D eigenvalue weighted by molar-refractivity contribution is -0.157. The van der Waals surface area contributed by atoms with Gasteiger partial charge in [-0.3, -0.25) is 9.59 Å². The van der Waals surface area contributed by atoms with Gasteiger partial charge in [-0.15, -0.1) is 0 Å². The summed E-state index contributed by atoms with van der Waals surface area (Å²) in [5.41, 5.74) is 0. The summed E-state index contributed by atoms with van der Waals surface area (Å²) in [4.78, 5) is 23.0. The Morgan fingerprint density at radius 3 is 1.19 bits per heavy atom. The summed E-state index contributed by atoms with van der Waals surface area (Å²) < 4.78 is 10.3. The van der Waals surface area contributed by atoms with Gasteiger partial charge in [-0.25, -0.2) is 0 Å². The zero-order chi connectivity index (χ0) is 31.8. The number of carbonyl (C=O) groups excluding carboxylic acids is 2. The van der Waals surface area contributed by atoms with E-state index in [-0.39, 0.29) is 24.5 Å². The number of unbranched alkanes of at least 4 members (excludes halogenated alkanes) is 18. The van der Waals surface area contributed by atoms with Gasteiger partial charge in [0, 0.05) is 19.3 Å². The first kappa shape index (κ1) is 43.0. The molecule has 3 N–H and O–H groups in total. The molecule has 0 bridgehead atoms. The number of ether oxygens (including phenoxy) is 2. The number of aliphatic hydroxyl groups excluding tert-OH is 3. The summed E-state index contributed by atoms with van der Waals surface area (Å²) in [6, 6.07) is 0. The molecule has 0 saturated heterocycles. The van der Waals surface area contributed by atoms with E-state index < -0.39 is 24.9 Å². The molecular weight excluding hydrogens is 532 g/mol. The van der Waals surface area contributed by atoms with Crippen molar-refractivity contribution >= 4 is 11.9 Å². The van der Waals surface area contributed by atoms with Crippen molar-refractivity contribution < 1.29 is 34.4 Å². The van der Waals surface area contributed by atoms with Crippen molar-refractivity contribution in [2.75, 3.05) is 6.61 Å². The fourth-order valence-corrected chi connectivity index (χ4v) is 4.75. The second kappa shape index (κ2) is 32.7. The summed E-state index contributed by atoms with van der Waals surface area (Å²) in [5, 5.41) is 27.8. The molecule has 0 aromatic rings. The van der Waals surface area contributed by atoms with Crippen molar-refractivity contribution in [3.8, 4) is 0 Å². The average molecular weight is 603 g/mol. The molecule has 0 aliphatic rings. The molecule has 0 heterocycles. The summed E-state index contributed by atoms with van der Waals surface area (Å²) >= 11 is 0. The lowest BCUT2D eigenvalue weighted by Crippen LogP contribution is -2.33. The number of aliphatic hydroxyl groups is 3. The van der Waals surface area contributed by atoms with Crippen LogP contribution in [0.15, 0.2) is 0 Å². The van der Waals surface area contributed by atoms with Crippen LogP contribution in [-0.2, 0) is 19.1 Å². The molecule has 3 unspecified atom stereocenters. The van der Waals surface area contributed by atoms with Crippen LogP contribution >= 0.6 is 0 Å². The number of hydrogen-bond donors (Lipinski definition) is 3. The Balaban J connectivity index is 0. The van der Waals surface area contributed by atoms with E-state index in [0.29, 0.717) is 12.8 Å². The van der Waals surface area contributed by atoms with Crippen LogP contribution in [0.1, 0.15) is 182 Å². The summed E-state index contributed by atoms with van der Waals surface area (Å²) in [5.74, 6) is -0.380. The quantitative estimate of drug-likeness (QED) is 0.0607. The highest BCUT2D eigenvalue weighted by Gasteiger charge is 2.22. The van der Waals surface area contributed by atoms with Crippen LogP contribution < -0.4 is 0 Å². The van der Waals surface area contributed by atoms with Crippen molar-refractivity contribution in [2.24, 2.45) is 0 Å². The van der Waals surface area contributed by atoms with Crippen molar-refractivity contribution in [1.29, 1.82) is 0 Å². The number of hydrogen-bond acceptors (Lipinski definition) is 7. The maximum atomic E-state index is 11.8. The second-order valence-electron chi connectivity index (χ2n) is 12.2. The topological polar surface area (TPSA) is 113 Å². The predicted octanol–water partition coefficient (Wildman–Crippen LogP) is 8.58. The van der Waals surface area contributed by atoms with Crippen molar-refractivity contribution in [3.63, 3.8) is 0 Å². The van der Waals surface area contributed by atoms with Crippen LogP contribution in [0.4, 0.5) is 0 Å². The van der Waals surface area contributed by atoms with Gasteiger partial charge in [0.05, 0.1) is 24.9 Å². The standard InChI is InChI=1S/C18H36O5.C17H34O2/c1-3-4-5-6-7-8-9-10-11-12-18(22)23-17(15(2)20)13-16(21)14-19;1-4-5-6-7-8-9-10-11-12-13-14-15-17(18)19-16(2)3/h15-17,19-21H,3-14H2,1-2H3;16H,4-15H2,1-3H3. The zero-order valence-electron chi connectivity index (χ0n) is 28.3. The monoisotopic (exact) mass is 603 g/mol. The molecule has 0 radical (unpaired) electrons. The molecule has 0 aliphatic carbocycles. The normalized spacial score (nSPS) is 13.3. The minimum atomic E-state index is -0.977. The van der Waals surface area contributed by atoms with Crippen LogP contribution in [0.5, 0.6) is 0 Å². The predicted molar refractivity (Wildman–Crippen MR) is 173 cm³/mol. The third kappa shape index (κ3) is 33.3. The van der Waals surface area contributed by atoms with Crippen LogP contribution in [-0.4, -0.2) is 58.3 Å². The highest BCUT2D eigenvalue weighted by Crippen LogP contribution is 2.14. The van der Waals surface area contributed by atoms with Gasteiger partial charge >= 0.3 is 11.9 Å². The van der Waals surface area contributed by atoms with Crippen LogP contribution in [0.3, 0.4) is 0 Å². The van der Waals surface area contributed by atoms with E-state index in [9.17, 15) is 19.8 Å². The number of carbonyl (C=O) groups is 2. The van der Waals surface area contributed by atoms with E-state index in [1.54, 1.807) is 0 Å². The Labute approximate surface area is 259 Å². The maximum absolute atomic E-state index is 11.8. The van der Waals surface area contributed by atoms with Crippen molar-refractivity contribution in [2.45, 2.75) is 207 Å². The maximum Gasteiger partial charge on any atom is 0.306 e. The molecule has 252 valence electrons. The highest BCUT2D eigenvalue weighted by atomic mass is 16.6. The Hall–Kier alpha value is -1.18. The molecule has 0 spiro atoms. The van der Waals surface area contributed by atoms with Gasteiger partial charge in [-0.05, 0) is 33.6 Å². The smallest absolute Gasteiger partial charge is 0.306 e. The number of rotatable bonds is 28. The van der Waals surface area contributed by atoms with E-state index in [4.69, 9.17) is 14.6 Å². The van der Waals surface area contributed by atoms with Crippen LogP contribution in [0.25, 0.3) is 0 Å². The first-order valence-electron chi connectivity index (χ1n) is 17.5. The molecule has 0 aliphatic heterocycles. The Morgan fingerprint density at radius 2 is 0.881 bits per heavy atom. The second-order valence-corrected chi connectivity index (χ2v) is 12.2. The average Bonchev–Trinajstić information content (AvgIpc) is 2.94. The molecule has 7 nitrogen and oxygen atoms in total. The van der Waals surface area contributed by atoms with Gasteiger partial charge in [-0.2, -0.15) is 0 Å². The molecule has 0 aromatic carbocycles. The van der Waals surface area contributed by atoms with E-state index in [2.05, 4.69) is 13.8 Å².